The van der Waals surface area contributed by atoms with Crippen LogP contribution in [-0.4, -0.2) is 30.6 Å². The summed E-state index contributed by atoms with van der Waals surface area (Å²) in [6, 6.07) is 0.417. The van der Waals surface area contributed by atoms with E-state index in [2.05, 4.69) is 25.7 Å². The Morgan fingerprint density at radius 3 is 2.15 bits per heavy atom. The molecular formula is C11H26N2. The van der Waals surface area contributed by atoms with Crippen molar-refractivity contribution in [1.29, 1.82) is 0 Å². The lowest BCUT2D eigenvalue weighted by Crippen LogP contribution is -2.30. The van der Waals surface area contributed by atoms with Crippen LogP contribution in [0.4, 0.5) is 0 Å². The van der Waals surface area contributed by atoms with Crippen molar-refractivity contribution in [2.24, 2.45) is 5.73 Å². The van der Waals surface area contributed by atoms with Gasteiger partial charge in [-0.05, 0) is 32.5 Å². The number of hydrogen-bond donors (Lipinski definition) is 1. The first-order valence-corrected chi connectivity index (χ1v) is 5.72. The maximum atomic E-state index is 5.99. The van der Waals surface area contributed by atoms with Gasteiger partial charge in [-0.1, -0.05) is 33.6 Å². The van der Waals surface area contributed by atoms with E-state index in [1.165, 1.54) is 19.3 Å². The van der Waals surface area contributed by atoms with E-state index >= 15 is 0 Å². The summed E-state index contributed by atoms with van der Waals surface area (Å²) in [5, 5.41) is 0. The molecule has 0 aromatic rings. The Kier molecular flexibility index (Phi) is 8.46. The second-order valence-corrected chi connectivity index (χ2v) is 3.72. The lowest BCUT2D eigenvalue weighted by Gasteiger charge is -2.20. The fraction of sp³-hybridized carbons (Fsp3) is 1.00. The molecule has 1 atom stereocenters. The van der Waals surface area contributed by atoms with Crippen molar-refractivity contribution < 1.29 is 0 Å². The van der Waals surface area contributed by atoms with Crippen LogP contribution >= 0.6 is 0 Å². The zero-order valence-corrected chi connectivity index (χ0v) is 9.55. The summed E-state index contributed by atoms with van der Waals surface area (Å²) in [6.45, 7) is 10.1. The summed E-state index contributed by atoms with van der Waals surface area (Å²) in [5.41, 5.74) is 5.99. The van der Waals surface area contributed by atoms with Crippen LogP contribution in [0.25, 0.3) is 0 Å². The van der Waals surface area contributed by atoms with Gasteiger partial charge < -0.3 is 10.6 Å². The molecule has 0 radical (unpaired) electrons. The number of hydrogen-bond acceptors (Lipinski definition) is 2. The summed E-state index contributed by atoms with van der Waals surface area (Å²) < 4.78 is 0. The van der Waals surface area contributed by atoms with Crippen molar-refractivity contribution in [1.82, 2.24) is 4.90 Å². The first-order valence-electron chi connectivity index (χ1n) is 5.72. The van der Waals surface area contributed by atoms with E-state index < -0.39 is 0 Å². The highest BCUT2D eigenvalue weighted by molar-refractivity contribution is 4.64. The van der Waals surface area contributed by atoms with Gasteiger partial charge in [0, 0.05) is 6.04 Å². The summed E-state index contributed by atoms with van der Waals surface area (Å²) in [4.78, 5) is 2.44. The largest absolute Gasteiger partial charge is 0.328 e. The van der Waals surface area contributed by atoms with Gasteiger partial charge in [0.05, 0.1) is 0 Å². The molecule has 0 aliphatic heterocycles. The van der Waals surface area contributed by atoms with Crippen LogP contribution in [-0.2, 0) is 0 Å². The highest BCUT2D eigenvalue weighted by atomic mass is 15.1. The maximum Gasteiger partial charge on any atom is 0.00510 e. The number of rotatable bonds is 8. The minimum atomic E-state index is 0.417. The minimum Gasteiger partial charge on any atom is -0.328 e. The lowest BCUT2D eigenvalue weighted by molar-refractivity contribution is 0.287. The zero-order valence-electron chi connectivity index (χ0n) is 9.55. The van der Waals surface area contributed by atoms with Crippen molar-refractivity contribution >= 4 is 0 Å². The molecule has 0 aliphatic rings. The van der Waals surface area contributed by atoms with Crippen molar-refractivity contribution in [3.63, 3.8) is 0 Å². The van der Waals surface area contributed by atoms with Gasteiger partial charge >= 0.3 is 0 Å². The summed E-state index contributed by atoms with van der Waals surface area (Å²) in [7, 11) is 0. The van der Waals surface area contributed by atoms with E-state index in [-0.39, 0.29) is 0 Å². The van der Waals surface area contributed by atoms with Crippen LogP contribution in [0.1, 0.15) is 46.5 Å². The van der Waals surface area contributed by atoms with Crippen molar-refractivity contribution in [3.8, 4) is 0 Å². The molecule has 13 heavy (non-hydrogen) atoms. The average molecular weight is 186 g/mol. The third-order valence-electron chi connectivity index (χ3n) is 2.64. The van der Waals surface area contributed by atoms with Gasteiger partial charge in [0.25, 0.3) is 0 Å². The number of unbranched alkanes of at least 4 members (excludes halogenated alkanes) is 1. The minimum absolute atomic E-state index is 0.417. The normalized spacial score (nSPS) is 13.6. The van der Waals surface area contributed by atoms with Gasteiger partial charge in [-0.15, -0.1) is 0 Å². The van der Waals surface area contributed by atoms with Crippen LogP contribution < -0.4 is 5.73 Å². The lowest BCUT2D eigenvalue weighted by atomic mass is 10.1. The molecule has 0 saturated carbocycles. The molecule has 0 fully saturated rings. The van der Waals surface area contributed by atoms with Crippen LogP contribution in [0.5, 0.6) is 0 Å². The van der Waals surface area contributed by atoms with Gasteiger partial charge in [-0.25, -0.2) is 0 Å². The Hall–Kier alpha value is -0.0800. The van der Waals surface area contributed by atoms with E-state index in [1.807, 2.05) is 0 Å². The van der Waals surface area contributed by atoms with E-state index in [9.17, 15) is 0 Å². The first-order chi connectivity index (χ1) is 6.24. The average Bonchev–Trinajstić information content (AvgIpc) is 2.16. The number of nitrogens with zero attached hydrogens (tertiary/aromatic N) is 1. The first kappa shape index (κ1) is 12.9. The Morgan fingerprint density at radius 2 is 1.69 bits per heavy atom. The molecule has 2 N–H and O–H groups in total. The third-order valence-corrected chi connectivity index (χ3v) is 2.64. The molecule has 0 heterocycles. The molecular weight excluding hydrogens is 160 g/mol. The molecule has 0 aliphatic carbocycles. The Balaban J connectivity index is 3.38. The van der Waals surface area contributed by atoms with Crippen LogP contribution in [0.3, 0.4) is 0 Å². The predicted octanol–water partition coefficient (Wildman–Crippen LogP) is 2.24. The molecule has 0 rings (SSSR count). The van der Waals surface area contributed by atoms with Crippen LogP contribution in [0.2, 0.25) is 0 Å². The van der Waals surface area contributed by atoms with Crippen molar-refractivity contribution in [3.05, 3.63) is 0 Å². The SMILES string of the molecule is CCCCC(N)CCN(CC)CC. The van der Waals surface area contributed by atoms with Gasteiger partial charge in [-0.2, -0.15) is 0 Å². The van der Waals surface area contributed by atoms with E-state index in [0.717, 1.165) is 26.1 Å². The highest BCUT2D eigenvalue weighted by Crippen LogP contribution is 2.03. The fourth-order valence-corrected chi connectivity index (χ4v) is 1.50. The Labute approximate surface area is 83.5 Å². The molecule has 2 nitrogen and oxygen atoms in total. The van der Waals surface area contributed by atoms with Crippen LogP contribution in [0, 0.1) is 0 Å². The predicted molar refractivity (Wildman–Crippen MR) is 59.9 cm³/mol. The molecule has 0 aromatic carbocycles. The van der Waals surface area contributed by atoms with Crippen molar-refractivity contribution in [2.75, 3.05) is 19.6 Å². The monoisotopic (exact) mass is 186 g/mol. The molecule has 0 spiro atoms. The fourth-order valence-electron chi connectivity index (χ4n) is 1.50. The Morgan fingerprint density at radius 1 is 1.08 bits per heavy atom. The molecule has 0 saturated heterocycles. The maximum absolute atomic E-state index is 5.99. The quantitative estimate of drug-likeness (QED) is 0.630. The highest BCUT2D eigenvalue weighted by Gasteiger charge is 2.04. The third kappa shape index (κ3) is 7.03. The number of nitrogens with two attached hydrogens (primary N) is 1. The molecule has 0 amide bonds. The summed E-state index contributed by atoms with van der Waals surface area (Å²) >= 11 is 0. The van der Waals surface area contributed by atoms with E-state index in [4.69, 9.17) is 5.73 Å². The standard InChI is InChI=1S/C11H26N2/c1-4-7-8-11(12)9-10-13(5-2)6-3/h11H,4-10,12H2,1-3H3. The smallest absolute Gasteiger partial charge is 0.00510 e. The zero-order chi connectivity index (χ0) is 10.1. The van der Waals surface area contributed by atoms with Gasteiger partial charge in [0.1, 0.15) is 0 Å². The van der Waals surface area contributed by atoms with Crippen LogP contribution in [0.15, 0.2) is 0 Å². The van der Waals surface area contributed by atoms with Gasteiger partial charge in [0.15, 0.2) is 0 Å². The van der Waals surface area contributed by atoms with Gasteiger partial charge in [0.2, 0.25) is 0 Å². The summed E-state index contributed by atoms with van der Waals surface area (Å²) in [6.07, 6.45) is 4.89. The van der Waals surface area contributed by atoms with Gasteiger partial charge in [-0.3, -0.25) is 0 Å². The van der Waals surface area contributed by atoms with Crippen molar-refractivity contribution in [2.45, 2.75) is 52.5 Å². The molecule has 80 valence electrons. The second-order valence-electron chi connectivity index (χ2n) is 3.72. The topological polar surface area (TPSA) is 29.3 Å². The molecule has 0 bridgehead atoms. The molecule has 1 unspecified atom stereocenters. The van der Waals surface area contributed by atoms with E-state index in [1.54, 1.807) is 0 Å². The molecule has 0 aromatic heterocycles. The molecule has 2 heteroatoms. The second kappa shape index (κ2) is 8.52. The summed E-state index contributed by atoms with van der Waals surface area (Å²) in [5.74, 6) is 0. The Bertz CT molecular complexity index is 100. The van der Waals surface area contributed by atoms with E-state index in [0.29, 0.717) is 6.04 Å².